The Labute approximate surface area is 218 Å². The van der Waals surface area contributed by atoms with Gasteiger partial charge in [-0.05, 0) is 42.0 Å². The highest BCUT2D eigenvalue weighted by molar-refractivity contribution is 8.18. The van der Waals surface area contributed by atoms with Crippen LogP contribution < -0.4 is 9.80 Å². The molecule has 0 aliphatic carbocycles. The van der Waals surface area contributed by atoms with Crippen molar-refractivity contribution < 1.29 is 24.0 Å². The first-order chi connectivity index (χ1) is 17.9. The number of nitro groups is 1. The number of carbonyl (C=O) groups excluding carboxylic acids is 2. The van der Waals surface area contributed by atoms with Crippen LogP contribution in [0.1, 0.15) is 16.7 Å². The molecule has 37 heavy (non-hydrogen) atoms. The predicted octanol–water partition coefficient (Wildman–Crippen LogP) is 3.81. The number of rotatable bonds is 6. The molecule has 0 saturated carbocycles. The molecule has 11 heteroatoms. The van der Waals surface area contributed by atoms with Gasteiger partial charge in [-0.15, -0.1) is 0 Å². The van der Waals surface area contributed by atoms with Gasteiger partial charge in [0, 0.05) is 43.5 Å². The van der Waals surface area contributed by atoms with Crippen LogP contribution in [0.5, 0.6) is 0 Å². The molecule has 0 spiro atoms. The molecule has 0 aromatic heterocycles. The molecule has 0 unspecified atom stereocenters. The lowest BCUT2D eigenvalue weighted by atomic mass is 10.1. The minimum absolute atomic E-state index is 0.0377. The molecular formula is C26H28N4O6S. The van der Waals surface area contributed by atoms with Crippen LogP contribution in [0.15, 0.2) is 41.3 Å². The standard InChI is InChI=1S/C26H28N4O6S/c1-18-4-2-3-5-19(18)17-29-25(31)24(37-26(29)32)15-20-14-23(30(33)34)22(28-8-12-36-13-9-28)16-21(20)27-6-10-35-11-7-27/h2-5,14-16H,6-13,17H2,1H3/b24-15-. The van der Waals surface area contributed by atoms with E-state index in [1.165, 1.54) is 11.0 Å². The van der Waals surface area contributed by atoms with E-state index in [2.05, 4.69) is 4.90 Å². The summed E-state index contributed by atoms with van der Waals surface area (Å²) in [7, 11) is 0. The molecule has 3 saturated heterocycles. The molecule has 2 amide bonds. The number of anilines is 2. The van der Waals surface area contributed by atoms with Crippen molar-refractivity contribution in [2.75, 3.05) is 62.4 Å². The summed E-state index contributed by atoms with van der Waals surface area (Å²) < 4.78 is 11.0. The topological polar surface area (TPSA) is 105 Å². The number of morpholine rings is 2. The number of carbonyl (C=O) groups is 2. The third-order valence-corrected chi connectivity index (χ3v) is 7.68. The molecule has 3 aliphatic heterocycles. The van der Waals surface area contributed by atoms with Gasteiger partial charge in [0.15, 0.2) is 0 Å². The first kappa shape index (κ1) is 25.2. The molecule has 0 atom stereocenters. The lowest BCUT2D eigenvalue weighted by Crippen LogP contribution is -2.38. The second kappa shape index (κ2) is 10.9. The number of aryl methyl sites for hydroxylation is 1. The number of nitro benzene ring substituents is 1. The highest BCUT2D eigenvalue weighted by atomic mass is 32.2. The lowest BCUT2D eigenvalue weighted by molar-refractivity contribution is -0.384. The Balaban J connectivity index is 1.53. The van der Waals surface area contributed by atoms with Crippen molar-refractivity contribution in [3.63, 3.8) is 0 Å². The van der Waals surface area contributed by atoms with Crippen LogP contribution >= 0.6 is 11.8 Å². The maximum Gasteiger partial charge on any atom is 0.293 e. The normalized spacial score (nSPS) is 19.7. The van der Waals surface area contributed by atoms with Crippen LogP contribution in [0.3, 0.4) is 0 Å². The van der Waals surface area contributed by atoms with Gasteiger partial charge in [-0.25, -0.2) is 0 Å². The van der Waals surface area contributed by atoms with Crippen LogP contribution in [0, 0.1) is 17.0 Å². The quantitative estimate of drug-likeness (QED) is 0.317. The molecule has 2 aromatic carbocycles. The lowest BCUT2D eigenvalue weighted by Gasteiger charge is -2.33. The Hall–Kier alpha value is -3.41. The SMILES string of the molecule is Cc1ccccc1CN1C(=O)S/C(=C\c2cc([N+](=O)[O-])c(N3CCOCC3)cc2N2CCOCC2)C1=O. The van der Waals surface area contributed by atoms with Crippen molar-refractivity contribution in [2.45, 2.75) is 13.5 Å². The Kier molecular flexibility index (Phi) is 7.45. The highest BCUT2D eigenvalue weighted by Gasteiger charge is 2.36. The van der Waals surface area contributed by atoms with Gasteiger partial charge in [-0.2, -0.15) is 0 Å². The van der Waals surface area contributed by atoms with E-state index >= 15 is 0 Å². The van der Waals surface area contributed by atoms with Crippen molar-refractivity contribution >= 4 is 46.0 Å². The second-order valence-electron chi connectivity index (χ2n) is 9.05. The van der Waals surface area contributed by atoms with Gasteiger partial charge in [0.2, 0.25) is 0 Å². The van der Waals surface area contributed by atoms with Crippen LogP contribution in [0.4, 0.5) is 21.9 Å². The van der Waals surface area contributed by atoms with Crippen LogP contribution in [0.2, 0.25) is 0 Å². The molecule has 0 radical (unpaired) electrons. The van der Waals surface area contributed by atoms with E-state index in [1.54, 1.807) is 6.08 Å². The van der Waals surface area contributed by atoms with Crippen LogP contribution in [0.25, 0.3) is 6.08 Å². The average Bonchev–Trinajstić information content (AvgIpc) is 3.18. The summed E-state index contributed by atoms with van der Waals surface area (Å²) >= 11 is 0.862. The molecule has 3 aliphatic rings. The third-order valence-electron chi connectivity index (χ3n) is 6.77. The van der Waals surface area contributed by atoms with Gasteiger partial charge < -0.3 is 19.3 Å². The molecular weight excluding hydrogens is 496 g/mol. The monoisotopic (exact) mass is 524 g/mol. The maximum absolute atomic E-state index is 13.3. The average molecular weight is 525 g/mol. The molecule has 10 nitrogen and oxygen atoms in total. The van der Waals surface area contributed by atoms with E-state index in [9.17, 15) is 19.7 Å². The molecule has 194 valence electrons. The Morgan fingerprint density at radius 2 is 1.59 bits per heavy atom. The smallest absolute Gasteiger partial charge is 0.293 e. The Morgan fingerprint density at radius 3 is 2.22 bits per heavy atom. The van der Waals surface area contributed by atoms with Crippen molar-refractivity contribution in [3.8, 4) is 0 Å². The summed E-state index contributed by atoms with van der Waals surface area (Å²) in [5, 5.41) is 11.7. The van der Waals surface area contributed by atoms with E-state index in [0.717, 1.165) is 28.6 Å². The zero-order valence-corrected chi connectivity index (χ0v) is 21.4. The number of hydrogen-bond donors (Lipinski definition) is 0. The van der Waals surface area contributed by atoms with Crippen molar-refractivity contribution in [3.05, 3.63) is 68.1 Å². The van der Waals surface area contributed by atoms with Gasteiger partial charge in [-0.1, -0.05) is 24.3 Å². The number of ether oxygens (including phenoxy) is 2. The molecule has 5 rings (SSSR count). The van der Waals surface area contributed by atoms with E-state index < -0.39 is 10.8 Å². The first-order valence-corrected chi connectivity index (χ1v) is 13.0. The summed E-state index contributed by atoms with van der Waals surface area (Å²) in [6.07, 6.45) is 1.61. The van der Waals surface area contributed by atoms with E-state index in [-0.39, 0.29) is 22.4 Å². The summed E-state index contributed by atoms with van der Waals surface area (Å²) in [5.74, 6) is -0.397. The number of nitrogens with zero attached hydrogens (tertiary/aromatic N) is 4. The van der Waals surface area contributed by atoms with Crippen molar-refractivity contribution in [2.24, 2.45) is 0 Å². The number of imide groups is 1. The Bertz CT molecular complexity index is 1250. The minimum atomic E-state index is -0.397. The fraction of sp³-hybridized carbons (Fsp3) is 0.385. The van der Waals surface area contributed by atoms with E-state index in [1.807, 2.05) is 42.2 Å². The third kappa shape index (κ3) is 5.34. The maximum atomic E-state index is 13.3. The second-order valence-corrected chi connectivity index (χ2v) is 10.0. The number of hydrogen-bond acceptors (Lipinski definition) is 9. The number of thioether (sulfide) groups is 1. The van der Waals surface area contributed by atoms with E-state index in [4.69, 9.17) is 9.47 Å². The van der Waals surface area contributed by atoms with Gasteiger partial charge in [0.05, 0.1) is 42.8 Å². The van der Waals surface area contributed by atoms with Crippen LogP contribution in [-0.2, 0) is 20.8 Å². The van der Waals surface area contributed by atoms with Gasteiger partial charge >= 0.3 is 0 Å². The molecule has 0 N–H and O–H groups in total. The number of amides is 2. The Morgan fingerprint density at radius 1 is 0.973 bits per heavy atom. The molecule has 0 bridgehead atoms. The van der Waals surface area contributed by atoms with Crippen LogP contribution in [-0.4, -0.2) is 73.6 Å². The number of benzene rings is 2. The minimum Gasteiger partial charge on any atom is -0.378 e. The zero-order chi connectivity index (χ0) is 25.9. The van der Waals surface area contributed by atoms with Crippen molar-refractivity contribution in [1.29, 1.82) is 0 Å². The molecule has 3 fully saturated rings. The van der Waals surface area contributed by atoms with Crippen molar-refractivity contribution in [1.82, 2.24) is 4.90 Å². The summed E-state index contributed by atoms with van der Waals surface area (Å²) in [6.45, 7) is 6.55. The predicted molar refractivity (Wildman–Crippen MR) is 142 cm³/mol. The summed E-state index contributed by atoms with van der Waals surface area (Å²) in [5.41, 5.74) is 3.69. The summed E-state index contributed by atoms with van der Waals surface area (Å²) in [4.78, 5) is 43.3. The largest absolute Gasteiger partial charge is 0.378 e. The molecule has 3 heterocycles. The molecule has 2 aromatic rings. The van der Waals surface area contributed by atoms with Gasteiger partial charge in [-0.3, -0.25) is 24.6 Å². The van der Waals surface area contributed by atoms with Gasteiger partial charge in [0.25, 0.3) is 16.8 Å². The first-order valence-electron chi connectivity index (χ1n) is 12.2. The fourth-order valence-electron chi connectivity index (χ4n) is 4.71. The summed E-state index contributed by atoms with van der Waals surface area (Å²) in [6, 6.07) is 11.0. The van der Waals surface area contributed by atoms with Gasteiger partial charge in [0.1, 0.15) is 5.69 Å². The fourth-order valence-corrected chi connectivity index (χ4v) is 5.54. The zero-order valence-electron chi connectivity index (χ0n) is 20.6. The highest BCUT2D eigenvalue weighted by Crippen LogP contribution is 2.40. The van der Waals surface area contributed by atoms with E-state index in [0.29, 0.717) is 63.9 Å².